The first-order valence-electron chi connectivity index (χ1n) is 5.78. The molecule has 0 aliphatic carbocycles. The Morgan fingerprint density at radius 1 is 1.36 bits per heavy atom. The van der Waals surface area contributed by atoms with E-state index in [1.807, 2.05) is 11.8 Å². The van der Waals surface area contributed by atoms with Crippen LogP contribution in [0.25, 0.3) is 0 Å². The highest BCUT2D eigenvalue weighted by Gasteiger charge is 2.21. The van der Waals surface area contributed by atoms with Gasteiger partial charge in [-0.25, -0.2) is 0 Å². The van der Waals surface area contributed by atoms with Crippen LogP contribution in [0.2, 0.25) is 0 Å². The highest BCUT2D eigenvalue weighted by atomic mass is 32.2. The van der Waals surface area contributed by atoms with Crippen molar-refractivity contribution in [1.82, 2.24) is 0 Å². The second kappa shape index (κ2) is 7.36. The molecule has 1 saturated heterocycles. The monoisotopic (exact) mass is 214 g/mol. The molecule has 0 saturated carbocycles. The zero-order chi connectivity index (χ0) is 10.2. The molecule has 2 atom stereocenters. The van der Waals surface area contributed by atoms with Gasteiger partial charge in [0, 0.05) is 18.3 Å². The third-order valence-electron chi connectivity index (χ3n) is 2.43. The summed E-state index contributed by atoms with van der Waals surface area (Å²) in [7, 11) is 0. The van der Waals surface area contributed by atoms with E-state index in [4.69, 9.17) is 4.74 Å². The molecular formula is C12H22OS. The van der Waals surface area contributed by atoms with Crippen molar-refractivity contribution in [1.29, 1.82) is 0 Å². The van der Waals surface area contributed by atoms with Gasteiger partial charge in [0.05, 0.1) is 0 Å². The van der Waals surface area contributed by atoms with E-state index in [1.54, 1.807) is 0 Å². The Kier molecular flexibility index (Phi) is 6.37. The molecule has 0 bridgehead atoms. The first-order valence-corrected chi connectivity index (χ1v) is 6.73. The smallest absolute Gasteiger partial charge is 0.106 e. The van der Waals surface area contributed by atoms with Crippen LogP contribution in [0.15, 0.2) is 12.2 Å². The van der Waals surface area contributed by atoms with Crippen LogP contribution in [-0.4, -0.2) is 17.3 Å². The summed E-state index contributed by atoms with van der Waals surface area (Å²) < 4.78 is 5.71. The predicted molar refractivity (Wildman–Crippen MR) is 64.7 cm³/mol. The van der Waals surface area contributed by atoms with Crippen molar-refractivity contribution in [2.24, 2.45) is 0 Å². The van der Waals surface area contributed by atoms with Gasteiger partial charge in [0.25, 0.3) is 0 Å². The standard InChI is InChI=1S/C12H22OS/c1-3-5-6-8-12-13-10-9-11(14-12)7-4-2/h5-6,11-12H,3-4,7-10H2,1-2H3/b6-5+. The minimum absolute atomic E-state index is 0.420. The summed E-state index contributed by atoms with van der Waals surface area (Å²) in [6.45, 7) is 5.40. The lowest BCUT2D eigenvalue weighted by Crippen LogP contribution is -2.22. The van der Waals surface area contributed by atoms with E-state index in [-0.39, 0.29) is 0 Å². The number of allylic oxidation sites excluding steroid dienone is 1. The van der Waals surface area contributed by atoms with E-state index >= 15 is 0 Å². The Morgan fingerprint density at radius 3 is 2.93 bits per heavy atom. The van der Waals surface area contributed by atoms with E-state index in [2.05, 4.69) is 26.0 Å². The number of ether oxygens (including phenoxy) is 1. The number of hydrogen-bond donors (Lipinski definition) is 0. The molecule has 1 heterocycles. The van der Waals surface area contributed by atoms with Crippen molar-refractivity contribution in [2.75, 3.05) is 6.61 Å². The summed E-state index contributed by atoms with van der Waals surface area (Å²) >= 11 is 2.03. The summed E-state index contributed by atoms with van der Waals surface area (Å²) in [6.07, 6.45) is 10.6. The Bertz CT molecular complexity index is 166. The third-order valence-corrected chi connectivity index (χ3v) is 3.92. The van der Waals surface area contributed by atoms with E-state index in [9.17, 15) is 0 Å². The van der Waals surface area contributed by atoms with Crippen molar-refractivity contribution in [3.05, 3.63) is 12.2 Å². The fourth-order valence-electron chi connectivity index (χ4n) is 1.68. The maximum Gasteiger partial charge on any atom is 0.106 e. The fourth-order valence-corrected chi connectivity index (χ4v) is 3.12. The van der Waals surface area contributed by atoms with Crippen LogP contribution in [0.4, 0.5) is 0 Å². The molecule has 1 rings (SSSR count). The van der Waals surface area contributed by atoms with Gasteiger partial charge < -0.3 is 4.74 Å². The molecule has 2 heteroatoms. The van der Waals surface area contributed by atoms with E-state index in [0.29, 0.717) is 5.44 Å². The summed E-state index contributed by atoms with van der Waals surface area (Å²) in [5.41, 5.74) is 0.420. The lowest BCUT2D eigenvalue weighted by atomic mass is 10.2. The second-order valence-electron chi connectivity index (χ2n) is 3.75. The average molecular weight is 214 g/mol. The lowest BCUT2D eigenvalue weighted by molar-refractivity contribution is 0.101. The van der Waals surface area contributed by atoms with Crippen LogP contribution in [0.5, 0.6) is 0 Å². The van der Waals surface area contributed by atoms with Crippen LogP contribution in [-0.2, 0) is 4.74 Å². The van der Waals surface area contributed by atoms with Gasteiger partial charge in [-0.1, -0.05) is 32.4 Å². The van der Waals surface area contributed by atoms with E-state index < -0.39 is 0 Å². The molecule has 0 aromatic heterocycles. The second-order valence-corrected chi connectivity index (χ2v) is 5.22. The van der Waals surface area contributed by atoms with Gasteiger partial charge in [0.2, 0.25) is 0 Å². The summed E-state index contributed by atoms with van der Waals surface area (Å²) in [6, 6.07) is 0. The van der Waals surface area contributed by atoms with Gasteiger partial charge in [-0.3, -0.25) is 0 Å². The molecule has 0 amide bonds. The summed E-state index contributed by atoms with van der Waals surface area (Å²) in [4.78, 5) is 0. The summed E-state index contributed by atoms with van der Waals surface area (Å²) in [5, 5.41) is 0.841. The Hall–Kier alpha value is 0.0500. The van der Waals surface area contributed by atoms with Crippen molar-refractivity contribution < 1.29 is 4.74 Å². The maximum atomic E-state index is 5.71. The van der Waals surface area contributed by atoms with E-state index in [1.165, 1.54) is 19.3 Å². The normalized spacial score (nSPS) is 28.4. The number of rotatable bonds is 5. The Labute approximate surface area is 92.3 Å². The quantitative estimate of drug-likeness (QED) is 0.640. The largest absolute Gasteiger partial charge is 0.367 e. The van der Waals surface area contributed by atoms with Crippen molar-refractivity contribution in [2.45, 2.75) is 56.6 Å². The van der Waals surface area contributed by atoms with Gasteiger partial charge in [0.15, 0.2) is 0 Å². The molecule has 1 aliphatic rings. The first-order chi connectivity index (χ1) is 6.86. The van der Waals surface area contributed by atoms with Gasteiger partial charge in [0.1, 0.15) is 5.44 Å². The highest BCUT2D eigenvalue weighted by molar-refractivity contribution is 8.00. The third kappa shape index (κ3) is 4.52. The molecule has 0 aromatic rings. The van der Waals surface area contributed by atoms with Gasteiger partial charge in [-0.15, -0.1) is 11.8 Å². The molecule has 0 N–H and O–H groups in total. The SMILES string of the molecule is CC/C=C/CC1OCCC(CCC)S1. The van der Waals surface area contributed by atoms with Gasteiger partial charge in [-0.05, 0) is 19.3 Å². The molecule has 0 spiro atoms. The van der Waals surface area contributed by atoms with Crippen LogP contribution >= 0.6 is 11.8 Å². The zero-order valence-corrected chi connectivity index (χ0v) is 10.2. The molecule has 82 valence electrons. The van der Waals surface area contributed by atoms with Crippen LogP contribution in [0, 0.1) is 0 Å². The average Bonchev–Trinajstić information content (AvgIpc) is 2.19. The lowest BCUT2D eigenvalue weighted by Gasteiger charge is -2.28. The number of thioether (sulfide) groups is 1. The Morgan fingerprint density at radius 2 is 2.21 bits per heavy atom. The van der Waals surface area contributed by atoms with Gasteiger partial charge in [-0.2, -0.15) is 0 Å². The Balaban J connectivity index is 2.21. The van der Waals surface area contributed by atoms with Crippen LogP contribution in [0.1, 0.15) is 46.0 Å². The van der Waals surface area contributed by atoms with Crippen molar-refractivity contribution in [3.63, 3.8) is 0 Å². The maximum absolute atomic E-state index is 5.71. The molecule has 1 fully saturated rings. The molecule has 2 unspecified atom stereocenters. The van der Waals surface area contributed by atoms with Gasteiger partial charge >= 0.3 is 0 Å². The van der Waals surface area contributed by atoms with E-state index in [0.717, 1.165) is 24.7 Å². The minimum Gasteiger partial charge on any atom is -0.367 e. The first kappa shape index (κ1) is 12.1. The fraction of sp³-hybridized carbons (Fsp3) is 0.833. The molecule has 1 aliphatic heterocycles. The van der Waals surface area contributed by atoms with Crippen LogP contribution < -0.4 is 0 Å². The minimum atomic E-state index is 0.420. The predicted octanol–water partition coefficient (Wildman–Crippen LogP) is 3.99. The molecule has 14 heavy (non-hydrogen) atoms. The highest BCUT2D eigenvalue weighted by Crippen LogP contribution is 2.31. The topological polar surface area (TPSA) is 9.23 Å². The summed E-state index contributed by atoms with van der Waals surface area (Å²) in [5.74, 6) is 0. The van der Waals surface area contributed by atoms with Crippen LogP contribution in [0.3, 0.4) is 0 Å². The van der Waals surface area contributed by atoms with Crippen molar-refractivity contribution >= 4 is 11.8 Å². The molecule has 0 radical (unpaired) electrons. The zero-order valence-electron chi connectivity index (χ0n) is 9.37. The number of hydrogen-bond acceptors (Lipinski definition) is 2. The molecular weight excluding hydrogens is 192 g/mol. The molecule has 1 nitrogen and oxygen atoms in total. The molecule has 0 aromatic carbocycles. The van der Waals surface area contributed by atoms with Crippen molar-refractivity contribution in [3.8, 4) is 0 Å².